The zero-order chi connectivity index (χ0) is 9.78. The number of hydrogen-bond donors (Lipinski definition) is 0. The van der Waals surface area contributed by atoms with Gasteiger partial charge >= 0.3 is 5.97 Å². The zero-order valence-corrected chi connectivity index (χ0v) is 8.81. The van der Waals surface area contributed by atoms with Crippen molar-refractivity contribution in [2.75, 3.05) is 0 Å². The van der Waals surface area contributed by atoms with Gasteiger partial charge < -0.3 is 4.74 Å². The van der Waals surface area contributed by atoms with Gasteiger partial charge in [-0.3, -0.25) is 4.79 Å². The Hall–Kier alpha value is -0.530. The maximum atomic E-state index is 10.7. The van der Waals surface area contributed by atoms with Gasteiger partial charge in [-0.15, -0.1) is 0 Å². The molecule has 0 amide bonds. The molecule has 2 nitrogen and oxygen atoms in total. The largest absolute Gasteiger partial charge is 0.460 e. The lowest BCUT2D eigenvalue weighted by atomic mass is 9.89. The molecule has 0 N–H and O–H groups in total. The average Bonchev–Trinajstić information content (AvgIpc) is 1.85. The van der Waals surface area contributed by atoms with Crippen LogP contribution < -0.4 is 0 Å². The number of carbonyl (C=O) groups is 1. The fraction of sp³-hybridized carbons (Fsp3) is 0.900. The Kier molecular flexibility index (Phi) is 4.29. The van der Waals surface area contributed by atoms with E-state index in [0.717, 1.165) is 12.8 Å². The summed E-state index contributed by atoms with van der Waals surface area (Å²) < 4.78 is 5.21. The molecular weight excluding hydrogens is 152 g/mol. The van der Waals surface area contributed by atoms with Crippen LogP contribution in [0.15, 0.2) is 0 Å². The summed E-state index contributed by atoms with van der Waals surface area (Å²) in [6.07, 6.45) is 2.23. The molecule has 0 fully saturated rings. The number of ether oxygens (including phenoxy) is 1. The molecule has 2 heteroatoms. The first-order chi connectivity index (χ1) is 5.40. The molecule has 0 saturated heterocycles. The molecule has 0 aromatic carbocycles. The van der Waals surface area contributed by atoms with Gasteiger partial charge in [-0.2, -0.15) is 0 Å². The lowest BCUT2D eigenvalue weighted by Gasteiger charge is -2.30. The number of hydrogen-bond acceptors (Lipinski definition) is 2. The highest BCUT2D eigenvalue weighted by Crippen LogP contribution is 2.24. The maximum absolute atomic E-state index is 10.7. The first kappa shape index (κ1) is 11.5. The van der Waals surface area contributed by atoms with Crippen LogP contribution in [-0.4, -0.2) is 11.6 Å². The summed E-state index contributed by atoms with van der Waals surface area (Å²) in [6.45, 7) is 9.65. The van der Waals surface area contributed by atoms with Gasteiger partial charge in [-0.05, 0) is 26.2 Å². The third-order valence-corrected chi connectivity index (χ3v) is 2.32. The van der Waals surface area contributed by atoms with Gasteiger partial charge in [0.2, 0.25) is 0 Å². The highest BCUT2D eigenvalue weighted by molar-refractivity contribution is 5.66. The predicted molar refractivity (Wildman–Crippen MR) is 49.9 cm³/mol. The fourth-order valence-electron chi connectivity index (χ4n) is 1.25. The van der Waals surface area contributed by atoms with Crippen molar-refractivity contribution in [3.63, 3.8) is 0 Å². The van der Waals surface area contributed by atoms with Crippen LogP contribution in [0, 0.1) is 5.92 Å². The Morgan fingerprint density at radius 2 is 2.00 bits per heavy atom. The number of carbonyl (C=O) groups excluding carboxylic acids is 1. The second kappa shape index (κ2) is 4.48. The van der Waals surface area contributed by atoms with Gasteiger partial charge in [0, 0.05) is 6.92 Å². The summed E-state index contributed by atoms with van der Waals surface area (Å²) >= 11 is 0. The molecule has 12 heavy (non-hydrogen) atoms. The molecule has 0 bridgehead atoms. The molecule has 0 saturated carbocycles. The van der Waals surface area contributed by atoms with Gasteiger partial charge in [0.15, 0.2) is 0 Å². The summed E-state index contributed by atoms with van der Waals surface area (Å²) in [6, 6.07) is 0. The van der Waals surface area contributed by atoms with E-state index in [0.29, 0.717) is 5.92 Å². The topological polar surface area (TPSA) is 26.3 Å². The van der Waals surface area contributed by atoms with Crippen molar-refractivity contribution in [3.8, 4) is 0 Å². The third kappa shape index (κ3) is 3.74. The summed E-state index contributed by atoms with van der Waals surface area (Å²) in [5.74, 6) is 0.231. The van der Waals surface area contributed by atoms with Crippen LogP contribution in [0.2, 0.25) is 0 Å². The molecule has 0 aliphatic rings. The molecular formula is C10H20O2. The quantitative estimate of drug-likeness (QED) is 0.609. The maximum Gasteiger partial charge on any atom is 0.303 e. The van der Waals surface area contributed by atoms with Crippen LogP contribution in [0.4, 0.5) is 0 Å². The molecule has 1 unspecified atom stereocenters. The van der Waals surface area contributed by atoms with E-state index in [4.69, 9.17) is 4.74 Å². The van der Waals surface area contributed by atoms with E-state index >= 15 is 0 Å². The van der Waals surface area contributed by atoms with Crippen molar-refractivity contribution >= 4 is 5.97 Å². The first-order valence-electron chi connectivity index (χ1n) is 4.59. The van der Waals surface area contributed by atoms with Crippen molar-refractivity contribution < 1.29 is 9.53 Å². The molecule has 0 aliphatic carbocycles. The average molecular weight is 172 g/mol. The number of esters is 1. The van der Waals surface area contributed by atoms with Crippen molar-refractivity contribution in [2.45, 2.75) is 53.1 Å². The molecule has 0 aromatic heterocycles. The first-order valence-corrected chi connectivity index (χ1v) is 4.59. The second-order valence-electron chi connectivity index (χ2n) is 3.89. The summed E-state index contributed by atoms with van der Waals surface area (Å²) in [5, 5.41) is 0. The highest BCUT2D eigenvalue weighted by atomic mass is 16.6. The molecule has 0 spiro atoms. The molecule has 0 rings (SSSR count). The predicted octanol–water partition coefficient (Wildman–Crippen LogP) is 2.76. The number of rotatable bonds is 4. The van der Waals surface area contributed by atoms with Crippen molar-refractivity contribution in [1.29, 1.82) is 0 Å². The lowest BCUT2D eigenvalue weighted by molar-refractivity contribution is -0.158. The summed E-state index contributed by atoms with van der Waals surface area (Å²) in [7, 11) is 0. The standard InChI is InChI=1S/C10H20O2/c1-6-7-8(2)10(4,5)12-9(3)11/h8H,6-7H2,1-5H3. The normalized spacial score (nSPS) is 14.1. The van der Waals surface area contributed by atoms with Gasteiger partial charge in [0.05, 0.1) is 0 Å². The van der Waals surface area contributed by atoms with Gasteiger partial charge in [0.1, 0.15) is 5.60 Å². The van der Waals surface area contributed by atoms with E-state index in [9.17, 15) is 4.79 Å². The van der Waals surface area contributed by atoms with E-state index in [1.165, 1.54) is 6.92 Å². The summed E-state index contributed by atoms with van der Waals surface area (Å²) in [5.41, 5.74) is -0.318. The Balaban J connectivity index is 4.07. The third-order valence-electron chi connectivity index (χ3n) is 2.32. The molecule has 1 atom stereocenters. The smallest absolute Gasteiger partial charge is 0.303 e. The Morgan fingerprint density at radius 3 is 2.33 bits per heavy atom. The van der Waals surface area contributed by atoms with Crippen LogP contribution in [0.5, 0.6) is 0 Å². The Morgan fingerprint density at radius 1 is 1.50 bits per heavy atom. The van der Waals surface area contributed by atoms with E-state index in [1.807, 2.05) is 13.8 Å². The van der Waals surface area contributed by atoms with Crippen molar-refractivity contribution in [1.82, 2.24) is 0 Å². The SMILES string of the molecule is CCCC(C)C(C)(C)OC(C)=O. The molecule has 0 aliphatic heterocycles. The van der Waals surface area contributed by atoms with Crippen LogP contribution >= 0.6 is 0 Å². The van der Waals surface area contributed by atoms with Gasteiger partial charge in [-0.1, -0.05) is 20.3 Å². The lowest BCUT2D eigenvalue weighted by Crippen LogP contribution is -2.34. The Labute approximate surface area is 75.3 Å². The van der Waals surface area contributed by atoms with Crippen LogP contribution in [0.25, 0.3) is 0 Å². The van der Waals surface area contributed by atoms with E-state index < -0.39 is 0 Å². The second-order valence-corrected chi connectivity index (χ2v) is 3.89. The zero-order valence-electron chi connectivity index (χ0n) is 8.81. The molecule has 0 aromatic rings. The molecule has 0 radical (unpaired) electrons. The van der Waals surface area contributed by atoms with Crippen molar-refractivity contribution in [3.05, 3.63) is 0 Å². The van der Waals surface area contributed by atoms with Crippen molar-refractivity contribution in [2.24, 2.45) is 5.92 Å². The minimum Gasteiger partial charge on any atom is -0.460 e. The highest BCUT2D eigenvalue weighted by Gasteiger charge is 2.27. The van der Waals surface area contributed by atoms with Crippen LogP contribution in [0.1, 0.15) is 47.5 Å². The van der Waals surface area contributed by atoms with Crippen LogP contribution in [0.3, 0.4) is 0 Å². The monoisotopic (exact) mass is 172 g/mol. The molecule has 0 heterocycles. The summed E-state index contributed by atoms with van der Waals surface area (Å²) in [4.78, 5) is 10.7. The minimum absolute atomic E-state index is 0.192. The minimum atomic E-state index is -0.318. The van der Waals surface area contributed by atoms with Crippen LogP contribution in [-0.2, 0) is 9.53 Å². The van der Waals surface area contributed by atoms with E-state index in [-0.39, 0.29) is 11.6 Å². The van der Waals surface area contributed by atoms with E-state index in [2.05, 4.69) is 13.8 Å². The van der Waals surface area contributed by atoms with E-state index in [1.54, 1.807) is 0 Å². The molecule has 72 valence electrons. The fourth-order valence-corrected chi connectivity index (χ4v) is 1.25. The van der Waals surface area contributed by atoms with Gasteiger partial charge in [0.25, 0.3) is 0 Å². The Bertz CT molecular complexity index is 150. The van der Waals surface area contributed by atoms with Gasteiger partial charge in [-0.25, -0.2) is 0 Å².